The Morgan fingerprint density at radius 1 is 1.15 bits per heavy atom. The molecule has 2 heterocycles. The Hall–Kier alpha value is -1.82. The maximum Gasteiger partial charge on any atom is 0.183 e. The van der Waals surface area contributed by atoms with Crippen LogP contribution in [-0.4, -0.2) is 27.0 Å². The molecule has 0 aliphatic heterocycles. The molecule has 0 radical (unpaired) electrons. The van der Waals surface area contributed by atoms with Crippen LogP contribution in [0.5, 0.6) is 0 Å². The first-order valence-electron chi connectivity index (χ1n) is 3.62. The van der Waals surface area contributed by atoms with Crippen molar-refractivity contribution in [3.05, 3.63) is 18.7 Å². The van der Waals surface area contributed by atoms with Crippen molar-refractivity contribution in [1.29, 1.82) is 0 Å². The normalized spacial score (nSPS) is 10.2. The van der Waals surface area contributed by atoms with Gasteiger partial charge in [-0.05, 0) is 0 Å². The summed E-state index contributed by atoms with van der Waals surface area (Å²) in [5, 5.41) is 0. The Balaban J connectivity index is 2.61. The Morgan fingerprint density at radius 2 is 2.00 bits per heavy atom. The van der Waals surface area contributed by atoms with Crippen molar-refractivity contribution < 1.29 is 4.84 Å². The van der Waals surface area contributed by atoms with E-state index >= 15 is 0 Å². The number of aromatic nitrogens is 4. The molecule has 0 amide bonds. The number of anilines is 1. The fraction of sp³-hybridized carbons (Fsp3) is 0.143. The molecule has 0 aliphatic carbocycles. The van der Waals surface area contributed by atoms with Crippen LogP contribution in [-0.2, 0) is 4.84 Å². The molecule has 0 aliphatic rings. The number of nitrogens with zero attached hydrogens (tertiary/aromatic N) is 4. The molecule has 2 aromatic heterocycles. The minimum absolute atomic E-state index is 0.514. The van der Waals surface area contributed by atoms with Crippen LogP contribution in [0.1, 0.15) is 0 Å². The molecule has 66 valence electrons. The van der Waals surface area contributed by atoms with Crippen molar-refractivity contribution in [2.45, 2.75) is 0 Å². The van der Waals surface area contributed by atoms with Gasteiger partial charge in [0.15, 0.2) is 17.0 Å². The van der Waals surface area contributed by atoms with Crippen molar-refractivity contribution in [3.8, 4) is 0 Å². The highest BCUT2D eigenvalue weighted by Crippen LogP contribution is 2.12. The van der Waals surface area contributed by atoms with Crippen molar-refractivity contribution >= 4 is 17.0 Å². The SMILES string of the molecule is CONc1ncnc2nccnc12. The zero-order chi connectivity index (χ0) is 9.10. The van der Waals surface area contributed by atoms with Crippen LogP contribution >= 0.6 is 0 Å². The van der Waals surface area contributed by atoms with Crippen LogP contribution in [0.25, 0.3) is 11.2 Å². The zero-order valence-corrected chi connectivity index (χ0v) is 6.93. The van der Waals surface area contributed by atoms with Crippen LogP contribution in [0.2, 0.25) is 0 Å². The van der Waals surface area contributed by atoms with Gasteiger partial charge in [-0.2, -0.15) is 0 Å². The molecule has 2 aromatic rings. The number of hydrogen-bond acceptors (Lipinski definition) is 6. The third kappa shape index (κ3) is 1.38. The summed E-state index contributed by atoms with van der Waals surface area (Å²) in [6.07, 6.45) is 4.55. The van der Waals surface area contributed by atoms with Crippen molar-refractivity contribution in [2.75, 3.05) is 12.6 Å². The summed E-state index contributed by atoms with van der Waals surface area (Å²) in [5.74, 6) is 0.514. The molecule has 6 heteroatoms. The number of hydrogen-bond donors (Lipinski definition) is 1. The molecule has 13 heavy (non-hydrogen) atoms. The summed E-state index contributed by atoms with van der Waals surface area (Å²) in [6.45, 7) is 0. The van der Waals surface area contributed by atoms with Gasteiger partial charge in [-0.15, -0.1) is 0 Å². The number of nitrogens with one attached hydrogen (secondary N) is 1. The number of rotatable bonds is 2. The average molecular weight is 177 g/mol. The van der Waals surface area contributed by atoms with Crippen LogP contribution in [0.3, 0.4) is 0 Å². The van der Waals surface area contributed by atoms with Crippen LogP contribution in [0, 0.1) is 0 Å². The minimum atomic E-state index is 0.514. The molecule has 0 unspecified atom stereocenters. The smallest absolute Gasteiger partial charge is 0.183 e. The van der Waals surface area contributed by atoms with E-state index in [0.717, 1.165) is 0 Å². The molecular weight excluding hydrogens is 170 g/mol. The molecule has 0 atom stereocenters. The number of fused-ring (bicyclic) bond motifs is 1. The van der Waals surface area contributed by atoms with Crippen LogP contribution in [0.4, 0.5) is 5.82 Å². The van der Waals surface area contributed by atoms with Gasteiger partial charge in [0, 0.05) is 12.4 Å². The summed E-state index contributed by atoms with van der Waals surface area (Å²) >= 11 is 0. The molecule has 2 rings (SSSR count). The van der Waals surface area contributed by atoms with Crippen molar-refractivity contribution in [1.82, 2.24) is 19.9 Å². The summed E-state index contributed by atoms with van der Waals surface area (Å²) in [4.78, 5) is 20.7. The van der Waals surface area contributed by atoms with Crippen LogP contribution < -0.4 is 5.48 Å². The lowest BCUT2D eigenvalue weighted by molar-refractivity contribution is 0.269. The van der Waals surface area contributed by atoms with Gasteiger partial charge in [0.25, 0.3) is 0 Å². The summed E-state index contributed by atoms with van der Waals surface area (Å²) in [7, 11) is 1.50. The predicted octanol–water partition coefficient (Wildman–Crippen LogP) is 0.393. The lowest BCUT2D eigenvalue weighted by atomic mass is 10.5. The topological polar surface area (TPSA) is 72.8 Å². The lowest BCUT2D eigenvalue weighted by Crippen LogP contribution is -2.01. The Kier molecular flexibility index (Phi) is 1.97. The monoisotopic (exact) mass is 177 g/mol. The highest BCUT2D eigenvalue weighted by molar-refractivity contribution is 5.80. The quantitative estimate of drug-likeness (QED) is 0.669. The lowest BCUT2D eigenvalue weighted by Gasteiger charge is -2.02. The van der Waals surface area contributed by atoms with E-state index in [1.807, 2.05) is 0 Å². The van der Waals surface area contributed by atoms with E-state index in [9.17, 15) is 0 Å². The standard InChI is InChI=1S/C7H7N5O/c1-13-12-7-5-6(10-4-11-7)9-3-2-8-5/h2-4H,1H3,(H,9,10,11,12). The van der Waals surface area contributed by atoms with Crippen LogP contribution in [0.15, 0.2) is 18.7 Å². The largest absolute Gasteiger partial charge is 0.278 e. The van der Waals surface area contributed by atoms with Crippen molar-refractivity contribution in [3.63, 3.8) is 0 Å². The van der Waals surface area contributed by atoms with Gasteiger partial charge in [-0.1, -0.05) is 0 Å². The molecule has 6 nitrogen and oxygen atoms in total. The second-order valence-electron chi connectivity index (χ2n) is 2.26. The van der Waals surface area contributed by atoms with E-state index in [1.54, 1.807) is 12.4 Å². The Morgan fingerprint density at radius 3 is 2.85 bits per heavy atom. The average Bonchev–Trinajstić information content (AvgIpc) is 2.19. The molecule has 0 saturated carbocycles. The first kappa shape index (κ1) is 7.81. The summed E-state index contributed by atoms with van der Waals surface area (Å²) < 4.78 is 0. The first-order valence-corrected chi connectivity index (χ1v) is 3.62. The highest BCUT2D eigenvalue weighted by atomic mass is 16.6. The fourth-order valence-corrected chi connectivity index (χ4v) is 0.966. The second-order valence-corrected chi connectivity index (χ2v) is 2.26. The molecule has 0 bridgehead atoms. The van der Waals surface area contributed by atoms with E-state index < -0.39 is 0 Å². The Labute approximate surface area is 74.0 Å². The fourth-order valence-electron chi connectivity index (χ4n) is 0.966. The van der Waals surface area contributed by atoms with Gasteiger partial charge < -0.3 is 0 Å². The summed E-state index contributed by atoms with van der Waals surface area (Å²) in [5.41, 5.74) is 3.73. The predicted molar refractivity (Wildman–Crippen MR) is 45.8 cm³/mol. The minimum Gasteiger partial charge on any atom is -0.278 e. The third-order valence-electron chi connectivity index (χ3n) is 1.47. The van der Waals surface area contributed by atoms with Gasteiger partial charge in [-0.25, -0.2) is 25.4 Å². The second kappa shape index (κ2) is 3.28. The van der Waals surface area contributed by atoms with Gasteiger partial charge in [0.2, 0.25) is 0 Å². The van der Waals surface area contributed by atoms with E-state index in [2.05, 4.69) is 25.4 Å². The molecular formula is C7H7N5O. The molecule has 1 N–H and O–H groups in total. The van der Waals surface area contributed by atoms with E-state index in [-0.39, 0.29) is 0 Å². The van der Waals surface area contributed by atoms with Gasteiger partial charge in [0.1, 0.15) is 6.33 Å². The van der Waals surface area contributed by atoms with Gasteiger partial charge in [0.05, 0.1) is 7.11 Å². The highest BCUT2D eigenvalue weighted by Gasteiger charge is 2.03. The maximum atomic E-state index is 4.73. The zero-order valence-electron chi connectivity index (χ0n) is 6.93. The van der Waals surface area contributed by atoms with E-state index in [1.165, 1.54) is 13.4 Å². The molecule has 0 spiro atoms. The Bertz CT molecular complexity index is 413. The maximum absolute atomic E-state index is 4.73. The molecule has 0 saturated heterocycles. The van der Waals surface area contributed by atoms with E-state index in [0.29, 0.717) is 17.0 Å². The third-order valence-corrected chi connectivity index (χ3v) is 1.47. The van der Waals surface area contributed by atoms with E-state index in [4.69, 9.17) is 4.84 Å². The van der Waals surface area contributed by atoms with Gasteiger partial charge in [-0.3, -0.25) is 4.84 Å². The molecule has 0 aromatic carbocycles. The van der Waals surface area contributed by atoms with Gasteiger partial charge >= 0.3 is 0 Å². The first-order chi connectivity index (χ1) is 6.42. The summed E-state index contributed by atoms with van der Waals surface area (Å²) in [6, 6.07) is 0. The molecule has 0 fully saturated rings. The van der Waals surface area contributed by atoms with Crippen molar-refractivity contribution in [2.24, 2.45) is 0 Å².